The monoisotopic (exact) mass is 430 g/mol. The topological polar surface area (TPSA) is 90.2 Å². The van der Waals surface area contributed by atoms with Crippen molar-refractivity contribution in [2.45, 2.75) is 50.8 Å². The van der Waals surface area contributed by atoms with Gasteiger partial charge in [0.1, 0.15) is 30.5 Å². The van der Waals surface area contributed by atoms with Crippen LogP contribution in [-0.2, 0) is 11.2 Å². The van der Waals surface area contributed by atoms with Gasteiger partial charge in [-0.1, -0.05) is 61.6 Å². The fourth-order valence-corrected chi connectivity index (χ4v) is 3.62. The zero-order valence-corrected chi connectivity index (χ0v) is 17.8. The lowest BCUT2D eigenvalue weighted by Crippen LogP contribution is -2.55. The molecule has 1 heterocycles. The predicted molar refractivity (Wildman–Crippen MR) is 115 cm³/mol. The summed E-state index contributed by atoms with van der Waals surface area (Å²) in [6.07, 6.45) is -5.39. The van der Waals surface area contributed by atoms with Crippen molar-refractivity contribution < 1.29 is 25.2 Å². The molecule has 0 radical (unpaired) electrons. The van der Waals surface area contributed by atoms with E-state index in [9.17, 15) is 20.4 Å². The van der Waals surface area contributed by atoms with Crippen molar-refractivity contribution in [3.8, 4) is 11.8 Å². The molecule has 1 saturated heterocycles. The lowest BCUT2D eigenvalue weighted by atomic mass is 9.90. The molecule has 0 saturated carbocycles. The van der Waals surface area contributed by atoms with Gasteiger partial charge in [0.05, 0.1) is 6.61 Å². The van der Waals surface area contributed by atoms with E-state index in [0.29, 0.717) is 22.9 Å². The van der Waals surface area contributed by atoms with Crippen molar-refractivity contribution in [1.29, 1.82) is 0 Å². The van der Waals surface area contributed by atoms with E-state index in [1.54, 1.807) is 12.1 Å². The minimum Gasteiger partial charge on any atom is -0.394 e. The summed E-state index contributed by atoms with van der Waals surface area (Å²) in [6, 6.07) is 13.2. The van der Waals surface area contributed by atoms with Crippen molar-refractivity contribution in [2.24, 2.45) is 5.92 Å². The summed E-state index contributed by atoms with van der Waals surface area (Å²) in [4.78, 5) is 0. The van der Waals surface area contributed by atoms with Crippen LogP contribution < -0.4 is 0 Å². The van der Waals surface area contributed by atoms with Crippen LogP contribution in [0, 0.1) is 17.8 Å². The summed E-state index contributed by atoms with van der Waals surface area (Å²) in [6.45, 7) is 3.63. The highest BCUT2D eigenvalue weighted by atomic mass is 35.5. The molecule has 1 aliphatic rings. The van der Waals surface area contributed by atoms with E-state index >= 15 is 0 Å². The molecular weight excluding hydrogens is 404 g/mol. The van der Waals surface area contributed by atoms with Gasteiger partial charge in [0, 0.05) is 16.5 Å². The molecule has 5 nitrogen and oxygen atoms in total. The predicted octanol–water partition coefficient (Wildman–Crippen LogP) is 2.45. The molecule has 160 valence electrons. The Balaban J connectivity index is 1.81. The number of halogens is 1. The molecule has 2 aromatic carbocycles. The second-order valence-corrected chi connectivity index (χ2v) is 8.31. The summed E-state index contributed by atoms with van der Waals surface area (Å²) in [5, 5.41) is 40.4. The zero-order valence-electron chi connectivity index (χ0n) is 17.0. The second kappa shape index (κ2) is 9.93. The molecule has 2 aromatic rings. The van der Waals surface area contributed by atoms with Gasteiger partial charge in [0.25, 0.3) is 0 Å². The highest BCUT2D eigenvalue weighted by molar-refractivity contribution is 6.31. The van der Waals surface area contributed by atoms with Crippen molar-refractivity contribution >= 4 is 11.6 Å². The molecule has 0 amide bonds. The van der Waals surface area contributed by atoms with Crippen LogP contribution in [0.25, 0.3) is 0 Å². The number of aliphatic hydroxyl groups excluding tert-OH is 4. The molecule has 0 aliphatic carbocycles. The van der Waals surface area contributed by atoms with Crippen LogP contribution in [0.5, 0.6) is 0 Å². The molecule has 0 bridgehead atoms. The molecule has 1 aliphatic heterocycles. The molecule has 1 fully saturated rings. The minimum absolute atomic E-state index is 0.314. The second-order valence-electron chi connectivity index (χ2n) is 7.90. The van der Waals surface area contributed by atoms with Gasteiger partial charge < -0.3 is 25.2 Å². The number of rotatable bonds is 4. The van der Waals surface area contributed by atoms with E-state index in [0.717, 1.165) is 16.7 Å². The molecule has 5 atom stereocenters. The molecule has 6 heteroatoms. The van der Waals surface area contributed by atoms with Gasteiger partial charge in [-0.05, 0) is 41.3 Å². The van der Waals surface area contributed by atoms with Crippen LogP contribution >= 0.6 is 11.6 Å². The molecule has 30 heavy (non-hydrogen) atoms. The summed E-state index contributed by atoms with van der Waals surface area (Å²) < 4.78 is 5.66. The molecule has 3 rings (SSSR count). The van der Waals surface area contributed by atoms with Crippen LogP contribution in [0.2, 0.25) is 5.02 Å². The zero-order chi connectivity index (χ0) is 21.8. The summed E-state index contributed by atoms with van der Waals surface area (Å²) in [5.74, 6) is 6.59. The Morgan fingerprint density at radius 3 is 2.33 bits per heavy atom. The smallest absolute Gasteiger partial charge is 0.113 e. The van der Waals surface area contributed by atoms with E-state index in [4.69, 9.17) is 16.3 Å². The number of hydrogen-bond acceptors (Lipinski definition) is 5. The van der Waals surface area contributed by atoms with Gasteiger partial charge in [0.15, 0.2) is 0 Å². The fraction of sp³-hybridized carbons (Fsp3) is 0.417. The van der Waals surface area contributed by atoms with Gasteiger partial charge in [-0.2, -0.15) is 0 Å². The number of ether oxygens (including phenoxy) is 1. The number of aliphatic hydroxyl groups is 4. The van der Waals surface area contributed by atoms with E-state index in [-0.39, 0.29) is 0 Å². The van der Waals surface area contributed by atoms with Crippen molar-refractivity contribution in [3.63, 3.8) is 0 Å². The van der Waals surface area contributed by atoms with Gasteiger partial charge in [0.2, 0.25) is 0 Å². The maximum atomic E-state index is 10.4. The van der Waals surface area contributed by atoms with Crippen LogP contribution in [0.3, 0.4) is 0 Å². The average Bonchev–Trinajstić information content (AvgIpc) is 2.73. The molecule has 0 unspecified atom stereocenters. The SMILES string of the molecule is CC(C)C#Cc1ccc(Cc2cc([C@@H]3O[C@H](CO)[C@@H](O)[C@H](O)[C@H]3O)ccc2Cl)cc1. The van der Waals surface area contributed by atoms with Gasteiger partial charge in [-0.25, -0.2) is 0 Å². The average molecular weight is 431 g/mol. The third kappa shape index (κ3) is 5.22. The van der Waals surface area contributed by atoms with E-state index in [1.807, 2.05) is 44.2 Å². The van der Waals surface area contributed by atoms with Crippen LogP contribution in [-0.4, -0.2) is 51.4 Å². The molecule has 0 spiro atoms. The van der Waals surface area contributed by atoms with Gasteiger partial charge in [-0.15, -0.1) is 0 Å². The Morgan fingerprint density at radius 2 is 1.70 bits per heavy atom. The summed E-state index contributed by atoms with van der Waals surface area (Å²) >= 11 is 6.39. The quantitative estimate of drug-likeness (QED) is 0.559. The van der Waals surface area contributed by atoms with Crippen molar-refractivity contribution in [3.05, 3.63) is 69.7 Å². The Labute approximate surface area is 181 Å². The van der Waals surface area contributed by atoms with E-state index in [2.05, 4.69) is 11.8 Å². The van der Waals surface area contributed by atoms with Crippen molar-refractivity contribution in [1.82, 2.24) is 0 Å². The standard InChI is InChI=1S/C24H27ClO5/c1-14(2)3-4-15-5-7-16(8-6-15)11-18-12-17(9-10-19(18)25)24-23(29)22(28)21(27)20(13-26)30-24/h5-10,12,14,20-24,26-29H,11,13H2,1-2H3/t20-,21-,22+,23-,24+/m1/s1. The summed E-state index contributed by atoms with van der Waals surface area (Å²) in [5.41, 5.74) is 3.46. The van der Waals surface area contributed by atoms with Crippen LogP contribution in [0.4, 0.5) is 0 Å². The minimum atomic E-state index is -1.42. The maximum absolute atomic E-state index is 10.4. The first-order valence-electron chi connectivity index (χ1n) is 9.99. The fourth-order valence-electron chi connectivity index (χ4n) is 3.44. The van der Waals surface area contributed by atoms with E-state index in [1.165, 1.54) is 0 Å². The Morgan fingerprint density at radius 1 is 1.00 bits per heavy atom. The number of benzene rings is 2. The Bertz CT molecular complexity index is 913. The van der Waals surface area contributed by atoms with Gasteiger partial charge in [-0.3, -0.25) is 0 Å². The highest BCUT2D eigenvalue weighted by Crippen LogP contribution is 2.34. The third-order valence-corrected chi connectivity index (χ3v) is 5.51. The number of hydrogen-bond donors (Lipinski definition) is 4. The molecule has 0 aromatic heterocycles. The van der Waals surface area contributed by atoms with Crippen LogP contribution in [0.15, 0.2) is 42.5 Å². The normalized spacial score (nSPS) is 26.3. The Hall–Kier alpha value is -1.91. The maximum Gasteiger partial charge on any atom is 0.113 e. The third-order valence-electron chi connectivity index (χ3n) is 5.14. The van der Waals surface area contributed by atoms with E-state index < -0.39 is 37.1 Å². The largest absolute Gasteiger partial charge is 0.394 e. The lowest BCUT2D eigenvalue weighted by Gasteiger charge is -2.40. The summed E-state index contributed by atoms with van der Waals surface area (Å²) in [7, 11) is 0. The lowest BCUT2D eigenvalue weighted by molar-refractivity contribution is -0.231. The van der Waals surface area contributed by atoms with Crippen molar-refractivity contribution in [2.75, 3.05) is 6.61 Å². The first kappa shape index (κ1) is 22.8. The highest BCUT2D eigenvalue weighted by Gasteiger charge is 2.43. The van der Waals surface area contributed by atoms with Crippen LogP contribution in [0.1, 0.15) is 42.2 Å². The molecule has 4 N–H and O–H groups in total. The Kier molecular flexibility index (Phi) is 7.54. The van der Waals surface area contributed by atoms with Gasteiger partial charge >= 0.3 is 0 Å². The first-order valence-corrected chi connectivity index (χ1v) is 10.4. The molecular formula is C24H27ClO5. The first-order chi connectivity index (χ1) is 14.3.